The summed E-state index contributed by atoms with van der Waals surface area (Å²) in [6.45, 7) is 0.497. The third-order valence-corrected chi connectivity index (χ3v) is 11.5. The molecule has 0 bridgehead atoms. The van der Waals surface area contributed by atoms with Crippen LogP contribution in [0.4, 0.5) is 4.79 Å². The zero-order valence-corrected chi connectivity index (χ0v) is 25.5. The Bertz CT molecular complexity index is 1350. The Morgan fingerprint density at radius 2 is 1.86 bits per heavy atom. The van der Waals surface area contributed by atoms with Gasteiger partial charge in [0.2, 0.25) is 0 Å². The van der Waals surface area contributed by atoms with Gasteiger partial charge in [0, 0.05) is 13.0 Å². The molecule has 10 nitrogen and oxygen atoms in total. The summed E-state index contributed by atoms with van der Waals surface area (Å²) in [6.07, 6.45) is 1.96. The SMILES string of the molecule is COc1ccc(S(=O)(=O)C(N)(CC2(CCC#N)CCCCC2)[C@H](O)[C@H](Cc2ccccc2)N(C(=O)O)[C@H]2CCOC2)cc1. The molecule has 1 amide bonds. The number of nitrogens with two attached hydrogens (primary N) is 1. The maximum Gasteiger partial charge on any atom is 0.407 e. The van der Waals surface area contributed by atoms with Crippen molar-refractivity contribution in [3.63, 3.8) is 0 Å². The Kier molecular flexibility index (Phi) is 10.7. The third-order valence-electron chi connectivity index (χ3n) is 9.23. The molecule has 4 atom stereocenters. The molecule has 2 fully saturated rings. The average molecular weight is 614 g/mol. The number of benzene rings is 2. The van der Waals surface area contributed by atoms with Crippen molar-refractivity contribution >= 4 is 15.9 Å². The van der Waals surface area contributed by atoms with Crippen molar-refractivity contribution in [2.75, 3.05) is 20.3 Å². The summed E-state index contributed by atoms with van der Waals surface area (Å²) < 4.78 is 40.1. The standard InChI is InChI=1S/C32H43N3O7S/c1-41-26-11-13-27(14-12-26)43(39,40)32(34,23-31(18-8-19-33)16-6-3-7-17-31)29(36)28(21-24-9-4-2-5-10-24)35(30(37)38)25-15-20-42-22-25/h2,4-5,9-14,25,28-29,36H,3,6-8,15-18,20-23,34H2,1H3,(H,37,38)/t25-,28-,29+,32?/m0/s1. The van der Waals surface area contributed by atoms with Crippen LogP contribution in [0.15, 0.2) is 59.5 Å². The molecule has 1 saturated heterocycles. The summed E-state index contributed by atoms with van der Waals surface area (Å²) in [4.78, 5) is 11.6. The molecule has 1 aliphatic carbocycles. The van der Waals surface area contributed by atoms with Crippen LogP contribution in [-0.4, -0.2) is 73.0 Å². The van der Waals surface area contributed by atoms with Crippen LogP contribution >= 0.6 is 0 Å². The van der Waals surface area contributed by atoms with Crippen LogP contribution < -0.4 is 10.5 Å². The van der Waals surface area contributed by atoms with Gasteiger partial charge in [-0.2, -0.15) is 5.26 Å². The molecule has 0 aromatic heterocycles. The summed E-state index contributed by atoms with van der Waals surface area (Å²) in [5, 5.41) is 32.3. The lowest BCUT2D eigenvalue weighted by molar-refractivity contribution is -0.0109. The number of hydrogen-bond donors (Lipinski definition) is 3. The molecule has 1 heterocycles. The van der Waals surface area contributed by atoms with Gasteiger partial charge in [0.05, 0.1) is 36.8 Å². The van der Waals surface area contributed by atoms with Gasteiger partial charge >= 0.3 is 6.09 Å². The first-order chi connectivity index (χ1) is 20.6. The monoisotopic (exact) mass is 613 g/mol. The first-order valence-electron chi connectivity index (χ1n) is 14.9. The van der Waals surface area contributed by atoms with Crippen molar-refractivity contribution in [2.24, 2.45) is 11.1 Å². The minimum Gasteiger partial charge on any atom is -0.497 e. The van der Waals surface area contributed by atoms with Gasteiger partial charge in [-0.1, -0.05) is 49.6 Å². The van der Waals surface area contributed by atoms with Crippen molar-refractivity contribution in [3.05, 3.63) is 60.2 Å². The van der Waals surface area contributed by atoms with E-state index in [0.29, 0.717) is 38.0 Å². The number of nitrogens with zero attached hydrogens (tertiary/aromatic N) is 2. The van der Waals surface area contributed by atoms with Crippen LogP contribution in [0, 0.1) is 16.7 Å². The molecule has 234 valence electrons. The molecule has 11 heteroatoms. The third kappa shape index (κ3) is 7.15. The number of aliphatic hydroxyl groups excluding tert-OH is 1. The van der Waals surface area contributed by atoms with Crippen LogP contribution in [0.2, 0.25) is 0 Å². The summed E-state index contributed by atoms with van der Waals surface area (Å²) >= 11 is 0. The van der Waals surface area contributed by atoms with Gasteiger partial charge in [-0.15, -0.1) is 0 Å². The Morgan fingerprint density at radius 3 is 2.42 bits per heavy atom. The van der Waals surface area contributed by atoms with E-state index >= 15 is 0 Å². The van der Waals surface area contributed by atoms with Gasteiger partial charge in [-0.05, 0) is 73.8 Å². The van der Waals surface area contributed by atoms with E-state index in [-0.39, 0.29) is 30.8 Å². The van der Waals surface area contributed by atoms with Gasteiger partial charge in [-0.3, -0.25) is 4.90 Å². The lowest BCUT2D eigenvalue weighted by atomic mass is 9.66. The molecule has 0 spiro atoms. The minimum atomic E-state index is -4.47. The second-order valence-electron chi connectivity index (χ2n) is 11.9. The summed E-state index contributed by atoms with van der Waals surface area (Å²) in [6, 6.07) is 15.4. The van der Waals surface area contributed by atoms with Crippen molar-refractivity contribution in [3.8, 4) is 11.8 Å². The van der Waals surface area contributed by atoms with Gasteiger partial charge < -0.3 is 25.4 Å². The number of hydrogen-bond acceptors (Lipinski definition) is 8. The van der Waals surface area contributed by atoms with Gasteiger partial charge in [-0.25, -0.2) is 13.2 Å². The molecular weight excluding hydrogens is 570 g/mol. The zero-order chi connectivity index (χ0) is 31.1. The Balaban J connectivity index is 1.88. The maximum absolute atomic E-state index is 14.7. The quantitative estimate of drug-likeness (QED) is 0.295. The second-order valence-corrected chi connectivity index (χ2v) is 14.2. The molecule has 2 aromatic rings. The Morgan fingerprint density at radius 1 is 1.19 bits per heavy atom. The molecule has 2 aromatic carbocycles. The highest BCUT2D eigenvalue weighted by Gasteiger charge is 2.56. The Labute approximate surface area is 254 Å². The van der Waals surface area contributed by atoms with E-state index < -0.39 is 44.4 Å². The highest BCUT2D eigenvalue weighted by molar-refractivity contribution is 7.92. The smallest absolute Gasteiger partial charge is 0.407 e. The average Bonchev–Trinajstić information content (AvgIpc) is 3.54. The van der Waals surface area contributed by atoms with E-state index in [0.717, 1.165) is 29.7 Å². The lowest BCUT2D eigenvalue weighted by Crippen LogP contribution is -2.67. The molecule has 1 unspecified atom stereocenters. The van der Waals surface area contributed by atoms with Crippen LogP contribution in [0.3, 0.4) is 0 Å². The van der Waals surface area contributed by atoms with Crippen molar-refractivity contribution in [1.29, 1.82) is 5.26 Å². The van der Waals surface area contributed by atoms with Gasteiger partial charge in [0.25, 0.3) is 0 Å². The number of methoxy groups -OCH3 is 1. The number of aliphatic hydroxyl groups is 1. The number of nitriles is 1. The van der Waals surface area contributed by atoms with E-state index in [4.69, 9.17) is 15.2 Å². The molecule has 43 heavy (non-hydrogen) atoms. The molecule has 4 N–H and O–H groups in total. The highest BCUT2D eigenvalue weighted by Crippen LogP contribution is 2.49. The van der Waals surface area contributed by atoms with E-state index in [9.17, 15) is 28.7 Å². The van der Waals surface area contributed by atoms with E-state index in [1.807, 2.05) is 30.3 Å². The van der Waals surface area contributed by atoms with Gasteiger partial charge in [0.15, 0.2) is 14.7 Å². The van der Waals surface area contributed by atoms with Crippen molar-refractivity contribution < 1.29 is 32.9 Å². The maximum atomic E-state index is 14.7. The molecular formula is C32H43N3O7S. The van der Waals surface area contributed by atoms with Crippen molar-refractivity contribution in [1.82, 2.24) is 4.90 Å². The normalized spacial score (nSPS) is 21.2. The number of ether oxygens (including phenoxy) is 2. The number of carbonyl (C=O) groups is 1. The van der Waals surface area contributed by atoms with Crippen LogP contribution in [0.25, 0.3) is 0 Å². The fourth-order valence-corrected chi connectivity index (χ4v) is 8.82. The fourth-order valence-electron chi connectivity index (χ4n) is 6.91. The van der Waals surface area contributed by atoms with Crippen LogP contribution in [0.1, 0.15) is 63.4 Å². The first-order valence-corrected chi connectivity index (χ1v) is 16.4. The molecule has 1 saturated carbocycles. The minimum absolute atomic E-state index is 0.0487. The topological polar surface area (TPSA) is 163 Å². The number of amides is 1. The first kappa shape index (κ1) is 32.7. The Hall–Kier alpha value is -3.17. The molecule has 0 radical (unpaired) electrons. The molecule has 1 aliphatic heterocycles. The summed E-state index contributed by atoms with van der Waals surface area (Å²) in [7, 11) is -2.99. The zero-order valence-electron chi connectivity index (χ0n) is 24.7. The summed E-state index contributed by atoms with van der Waals surface area (Å²) in [5.74, 6) is 0.458. The van der Waals surface area contributed by atoms with Crippen molar-refractivity contribution in [2.45, 2.75) is 92.2 Å². The predicted octanol–water partition coefficient (Wildman–Crippen LogP) is 4.51. The second kappa shape index (κ2) is 14.1. The van der Waals surface area contributed by atoms with E-state index in [2.05, 4.69) is 6.07 Å². The number of sulfone groups is 1. The molecule has 4 rings (SSSR count). The van der Waals surface area contributed by atoms with E-state index in [1.54, 1.807) is 0 Å². The summed E-state index contributed by atoms with van der Waals surface area (Å²) in [5.41, 5.74) is 7.23. The van der Waals surface area contributed by atoms with Crippen LogP contribution in [-0.2, 0) is 21.0 Å². The number of rotatable bonds is 13. The van der Waals surface area contributed by atoms with Crippen LogP contribution in [0.5, 0.6) is 5.75 Å². The predicted molar refractivity (Wildman–Crippen MR) is 161 cm³/mol. The lowest BCUT2D eigenvalue weighted by Gasteiger charge is -2.48. The number of carboxylic acid groups (broad SMARTS) is 1. The molecule has 2 aliphatic rings. The highest BCUT2D eigenvalue weighted by atomic mass is 32.2. The van der Waals surface area contributed by atoms with Gasteiger partial charge in [0.1, 0.15) is 11.9 Å². The largest absolute Gasteiger partial charge is 0.497 e. The fraction of sp³-hybridized carbons (Fsp3) is 0.562. The van der Waals surface area contributed by atoms with E-state index in [1.165, 1.54) is 31.4 Å².